The van der Waals surface area contributed by atoms with E-state index in [2.05, 4.69) is 373 Å². The van der Waals surface area contributed by atoms with Crippen LogP contribution in [0.1, 0.15) is 44.5 Å². The number of benzene rings is 16. The van der Waals surface area contributed by atoms with Crippen LogP contribution in [0, 0.1) is 0 Å². The van der Waals surface area contributed by atoms with Gasteiger partial charge in [-0.15, -0.1) is 0 Å². The molecule has 0 amide bonds. The summed E-state index contributed by atoms with van der Waals surface area (Å²) in [6.07, 6.45) is 0. The Balaban J connectivity index is 0.691. The zero-order valence-electron chi connectivity index (χ0n) is 55.8. The highest BCUT2D eigenvalue weighted by Gasteiger charge is 2.53. The van der Waals surface area contributed by atoms with E-state index in [1.165, 1.54) is 145 Å². The number of hydrogen-bond donors (Lipinski definition) is 0. The lowest BCUT2D eigenvalue weighted by molar-refractivity contribution is 0.794. The average Bonchev–Trinajstić information content (AvgIpc) is 1.52. The van der Waals surface area contributed by atoms with Gasteiger partial charge in [0.2, 0.25) is 0 Å². The third kappa shape index (κ3) is 8.22. The van der Waals surface area contributed by atoms with Gasteiger partial charge in [-0.25, -0.2) is 0 Å². The van der Waals surface area contributed by atoms with Gasteiger partial charge >= 0.3 is 0 Å². The second kappa shape index (κ2) is 22.2. The van der Waals surface area contributed by atoms with Crippen LogP contribution in [0.4, 0.5) is 17.1 Å². The van der Waals surface area contributed by atoms with Gasteiger partial charge in [-0.3, -0.25) is 0 Å². The van der Waals surface area contributed by atoms with Gasteiger partial charge in [0.25, 0.3) is 0 Å². The number of hydrogen-bond acceptors (Lipinski definition) is 4. The van der Waals surface area contributed by atoms with Crippen molar-refractivity contribution in [2.45, 2.75) is 10.8 Å². The van der Waals surface area contributed by atoms with E-state index in [4.69, 9.17) is 8.75 Å². The van der Waals surface area contributed by atoms with Crippen LogP contribution in [0.25, 0.3) is 139 Å². The van der Waals surface area contributed by atoms with Crippen LogP contribution < -0.4 is 4.90 Å². The van der Waals surface area contributed by atoms with Crippen molar-refractivity contribution in [2.75, 3.05) is 4.90 Å². The quantitative estimate of drug-likeness (QED) is 0.144. The molecule has 0 atom stereocenters. The molecule has 0 aliphatic heterocycles. The number of rotatable bonds is 9. The molecule has 0 N–H and O–H groups in total. The fraction of sp³-hybridized carbons (Fsp3) is 0.0204. The number of nitrogens with zero attached hydrogens (tertiary/aromatic N) is 4. The maximum atomic E-state index is 5.10. The Kier molecular flexibility index (Phi) is 12.5. The van der Waals surface area contributed by atoms with Gasteiger partial charge in [-0.2, -0.15) is 8.75 Å². The van der Waals surface area contributed by atoms with Crippen molar-refractivity contribution in [1.82, 2.24) is 13.3 Å². The van der Waals surface area contributed by atoms with Crippen LogP contribution >= 0.6 is 11.7 Å². The van der Waals surface area contributed by atoms with Crippen LogP contribution in [0.15, 0.2) is 364 Å². The number of anilines is 3. The van der Waals surface area contributed by atoms with E-state index in [1.54, 1.807) is 0 Å². The Labute approximate surface area is 601 Å². The summed E-state index contributed by atoms with van der Waals surface area (Å²) >= 11 is 1.26. The highest BCUT2D eigenvalue weighted by Crippen LogP contribution is 2.65. The van der Waals surface area contributed by atoms with E-state index in [0.717, 1.165) is 67.1 Å². The summed E-state index contributed by atoms with van der Waals surface area (Å²) in [6.45, 7) is 0. The van der Waals surface area contributed by atoms with Gasteiger partial charge in [0, 0.05) is 33.4 Å². The maximum absolute atomic E-state index is 5.10. The van der Waals surface area contributed by atoms with Gasteiger partial charge in [0.15, 0.2) is 0 Å². The lowest BCUT2D eigenvalue weighted by Crippen LogP contribution is -2.25. The van der Waals surface area contributed by atoms with E-state index in [9.17, 15) is 0 Å². The van der Waals surface area contributed by atoms with Crippen LogP contribution in [-0.2, 0) is 10.8 Å². The molecule has 478 valence electrons. The summed E-state index contributed by atoms with van der Waals surface area (Å²) in [4.78, 5) is 2.32. The molecular weight excluding hydrogens is 1270 g/mol. The van der Waals surface area contributed by atoms with E-state index >= 15 is 0 Å². The first-order valence-corrected chi connectivity index (χ1v) is 36.2. The second-order valence-electron chi connectivity index (χ2n) is 27.9. The normalized spacial score (nSPS) is 13.4. The zero-order valence-corrected chi connectivity index (χ0v) is 56.7. The third-order valence-electron chi connectivity index (χ3n) is 23.0. The molecule has 16 aromatic carbocycles. The monoisotopic (exact) mass is 1320 g/mol. The average molecular weight is 1330 g/mol. The van der Waals surface area contributed by atoms with Crippen LogP contribution in [-0.4, -0.2) is 13.3 Å². The first-order valence-electron chi connectivity index (χ1n) is 35.5. The van der Waals surface area contributed by atoms with Crippen LogP contribution in [0.3, 0.4) is 0 Å². The molecule has 2 spiro atoms. The van der Waals surface area contributed by atoms with Crippen molar-refractivity contribution in [3.63, 3.8) is 0 Å². The second-order valence-corrected chi connectivity index (χ2v) is 28.4. The molecule has 4 aliphatic rings. The Bertz CT molecular complexity index is 6080. The summed E-state index contributed by atoms with van der Waals surface area (Å²) in [5.74, 6) is 0. The minimum atomic E-state index is -0.454. The minimum Gasteiger partial charge on any atom is -0.309 e. The summed E-state index contributed by atoms with van der Waals surface area (Å²) in [5.41, 5.74) is 39.8. The molecule has 103 heavy (non-hydrogen) atoms. The first-order chi connectivity index (χ1) is 51.1. The molecular formula is C98H60N4S. The number of fused-ring (bicyclic) bond motifs is 24. The fourth-order valence-electron chi connectivity index (χ4n) is 18.6. The van der Waals surface area contributed by atoms with Crippen molar-refractivity contribution >= 4 is 61.6 Å². The van der Waals surface area contributed by atoms with Crippen LogP contribution in [0.5, 0.6) is 0 Å². The van der Waals surface area contributed by atoms with Crippen LogP contribution in [0.2, 0.25) is 0 Å². The molecule has 5 heteroatoms. The van der Waals surface area contributed by atoms with E-state index in [-0.39, 0.29) is 0 Å². The molecule has 0 fully saturated rings. The highest BCUT2D eigenvalue weighted by atomic mass is 32.1. The van der Waals surface area contributed by atoms with Gasteiger partial charge < -0.3 is 9.47 Å². The van der Waals surface area contributed by atoms with Crippen molar-refractivity contribution < 1.29 is 0 Å². The lowest BCUT2D eigenvalue weighted by Gasteiger charge is -2.30. The predicted molar refractivity (Wildman–Crippen MR) is 426 cm³/mol. The summed E-state index contributed by atoms with van der Waals surface area (Å²) in [7, 11) is 0. The molecule has 0 unspecified atom stereocenters. The Morgan fingerprint density at radius 3 is 0.951 bits per heavy atom. The molecule has 22 rings (SSSR count). The van der Waals surface area contributed by atoms with Crippen molar-refractivity contribution in [3.8, 4) is 106 Å². The maximum Gasteiger partial charge on any atom is 0.129 e. The standard InChI is InChI=1S/C98H60N4S/c1-3-19-61(20-4-1)63-35-45-70(46-36-63)101(71-47-37-64(38-48-71)62-21-5-2-6-22-62)94-56-53-73(95-96(94)100-103-99-95)65-39-49-72(50-40-65)102-92-54-43-66(68-41-51-80-78-27-11-17-33-88(78)97(90(80)59-68)84-29-13-7-23-74(84)75-24-8-14-30-85(75)97)57-82(92)83-58-67(44-55-93(83)102)69-42-52-81-79-28-12-18-34-89(79)98(91(81)60-69)86-31-15-9-25-76(86)77-26-10-16-32-87(77)98/h1-60H. The molecule has 4 nitrogen and oxygen atoms in total. The zero-order chi connectivity index (χ0) is 67.5. The van der Waals surface area contributed by atoms with Gasteiger partial charge in [0.1, 0.15) is 11.0 Å². The van der Waals surface area contributed by atoms with E-state index in [0.29, 0.717) is 0 Å². The molecule has 18 aromatic rings. The Morgan fingerprint density at radius 2 is 0.544 bits per heavy atom. The summed E-state index contributed by atoms with van der Waals surface area (Å²) < 4.78 is 12.7. The minimum absolute atomic E-state index is 0.454. The third-order valence-corrected chi connectivity index (χ3v) is 23.5. The van der Waals surface area contributed by atoms with Gasteiger partial charge in [0.05, 0.1) is 39.3 Å². The molecule has 0 saturated carbocycles. The highest BCUT2D eigenvalue weighted by molar-refractivity contribution is 7.00. The largest absolute Gasteiger partial charge is 0.309 e. The smallest absolute Gasteiger partial charge is 0.129 e. The van der Waals surface area contributed by atoms with E-state index in [1.807, 2.05) is 0 Å². The lowest BCUT2D eigenvalue weighted by atomic mass is 9.70. The fourth-order valence-corrected chi connectivity index (χ4v) is 19.1. The Hall–Kier alpha value is -13.1. The molecule has 2 aromatic heterocycles. The molecule has 2 heterocycles. The molecule has 0 radical (unpaired) electrons. The number of aromatic nitrogens is 3. The SMILES string of the molecule is c1ccc(-c2ccc(N(c3ccc(-c4ccccc4)cc3)c3ccc(-c4ccc(-n5c6ccc(-c7ccc8c(c7)C7(c9ccccc9-c9ccccc97)c7ccccc7-8)cc6c6cc(-c7ccc8c(c7)C7(c9ccccc9-c9ccccc97)c7ccccc7-8)ccc65)cc4)c4nsnc34)cc2)cc1. The van der Waals surface area contributed by atoms with Gasteiger partial charge in [-0.1, -0.05) is 279 Å². The molecule has 4 aliphatic carbocycles. The van der Waals surface area contributed by atoms with Crippen molar-refractivity contribution in [2.24, 2.45) is 0 Å². The predicted octanol–water partition coefficient (Wildman–Crippen LogP) is 25.3. The van der Waals surface area contributed by atoms with Crippen molar-refractivity contribution in [3.05, 3.63) is 408 Å². The molecule has 0 bridgehead atoms. The summed E-state index contributed by atoms with van der Waals surface area (Å²) in [5, 5.41) is 2.38. The Morgan fingerprint density at radius 1 is 0.233 bits per heavy atom. The molecule has 0 saturated heterocycles. The topological polar surface area (TPSA) is 34.0 Å². The van der Waals surface area contributed by atoms with E-state index < -0.39 is 10.8 Å². The van der Waals surface area contributed by atoms with Gasteiger partial charge in [-0.05, 0) is 224 Å². The summed E-state index contributed by atoms with van der Waals surface area (Å²) in [6, 6.07) is 136. The van der Waals surface area contributed by atoms with Crippen molar-refractivity contribution in [1.29, 1.82) is 0 Å². The first kappa shape index (κ1) is 57.8.